The molecule has 0 saturated heterocycles. The summed E-state index contributed by atoms with van der Waals surface area (Å²) in [5, 5.41) is 3.35. The van der Waals surface area contributed by atoms with Crippen molar-refractivity contribution in [3.8, 4) is 17.2 Å². The van der Waals surface area contributed by atoms with Crippen LogP contribution in [0.5, 0.6) is 17.2 Å². The van der Waals surface area contributed by atoms with E-state index in [1.807, 2.05) is 24.7 Å². The molecule has 0 aliphatic rings. The van der Waals surface area contributed by atoms with Crippen LogP contribution in [0.4, 0.5) is 5.69 Å². The molecule has 0 fully saturated rings. The highest BCUT2D eigenvalue weighted by Crippen LogP contribution is 2.39. The Hall–Kier alpha value is -2.37. The van der Waals surface area contributed by atoms with Crippen LogP contribution in [0.2, 0.25) is 0 Å². The van der Waals surface area contributed by atoms with Gasteiger partial charge in [0.25, 0.3) is 0 Å². The number of benzene rings is 1. The Kier molecular flexibility index (Phi) is 4.92. The molecule has 21 heavy (non-hydrogen) atoms. The van der Waals surface area contributed by atoms with Gasteiger partial charge < -0.3 is 24.1 Å². The van der Waals surface area contributed by atoms with Crippen LogP contribution in [0, 0.1) is 0 Å². The van der Waals surface area contributed by atoms with Gasteiger partial charge in [0.15, 0.2) is 11.5 Å². The van der Waals surface area contributed by atoms with Gasteiger partial charge in [-0.3, -0.25) is 0 Å². The summed E-state index contributed by atoms with van der Waals surface area (Å²) in [7, 11) is 4.80. The highest BCUT2D eigenvalue weighted by atomic mass is 16.5. The average molecular weight is 291 g/mol. The van der Waals surface area contributed by atoms with E-state index in [1.54, 1.807) is 21.3 Å². The molecule has 1 aromatic carbocycles. The van der Waals surface area contributed by atoms with Gasteiger partial charge >= 0.3 is 0 Å². The lowest BCUT2D eigenvalue weighted by molar-refractivity contribution is 0.324. The largest absolute Gasteiger partial charge is 0.493 e. The summed E-state index contributed by atoms with van der Waals surface area (Å²) in [6.07, 6.45) is 3.68. The molecule has 2 rings (SSSR count). The van der Waals surface area contributed by atoms with Crippen LogP contribution in [-0.2, 0) is 13.1 Å². The molecule has 0 spiro atoms. The minimum absolute atomic E-state index is 0.587. The Bertz CT molecular complexity index is 571. The van der Waals surface area contributed by atoms with Crippen molar-refractivity contribution in [2.45, 2.75) is 20.0 Å². The number of ether oxygens (including phenoxy) is 3. The van der Waals surface area contributed by atoms with Crippen molar-refractivity contribution in [3.05, 3.63) is 30.4 Å². The zero-order valence-corrected chi connectivity index (χ0v) is 12.8. The van der Waals surface area contributed by atoms with Crippen LogP contribution >= 0.6 is 0 Å². The van der Waals surface area contributed by atoms with Crippen molar-refractivity contribution in [2.24, 2.45) is 0 Å². The maximum absolute atomic E-state index is 5.34. The first-order valence-electron chi connectivity index (χ1n) is 6.76. The number of anilines is 1. The van der Waals surface area contributed by atoms with Crippen molar-refractivity contribution in [2.75, 3.05) is 26.6 Å². The molecule has 0 aliphatic carbocycles. The van der Waals surface area contributed by atoms with Crippen molar-refractivity contribution in [1.82, 2.24) is 9.55 Å². The summed E-state index contributed by atoms with van der Waals surface area (Å²) in [5.74, 6) is 1.84. The Balaban J connectivity index is 2.20. The lowest BCUT2D eigenvalue weighted by Crippen LogP contribution is -2.06. The van der Waals surface area contributed by atoms with E-state index < -0.39 is 0 Å². The Morgan fingerprint density at radius 1 is 1.10 bits per heavy atom. The van der Waals surface area contributed by atoms with Gasteiger partial charge in [-0.1, -0.05) is 0 Å². The Morgan fingerprint density at radius 3 is 2.29 bits per heavy atom. The fourth-order valence-electron chi connectivity index (χ4n) is 2.16. The molecule has 0 aliphatic heterocycles. The molecule has 0 atom stereocenters. The van der Waals surface area contributed by atoms with E-state index in [4.69, 9.17) is 14.2 Å². The average Bonchev–Trinajstić information content (AvgIpc) is 2.99. The summed E-state index contributed by atoms with van der Waals surface area (Å²) < 4.78 is 18.1. The van der Waals surface area contributed by atoms with Gasteiger partial charge in [0.2, 0.25) is 5.75 Å². The number of aromatic nitrogens is 2. The van der Waals surface area contributed by atoms with Crippen LogP contribution in [0.25, 0.3) is 0 Å². The van der Waals surface area contributed by atoms with Gasteiger partial charge in [0.05, 0.1) is 39.9 Å². The third-order valence-corrected chi connectivity index (χ3v) is 3.28. The fraction of sp³-hybridized carbons (Fsp3) is 0.400. The predicted octanol–water partition coefficient (Wildman–Crippen LogP) is 2.54. The first kappa shape index (κ1) is 15.0. The number of rotatable bonds is 7. The summed E-state index contributed by atoms with van der Waals surface area (Å²) in [4.78, 5) is 4.15. The molecule has 114 valence electrons. The van der Waals surface area contributed by atoms with E-state index in [-0.39, 0.29) is 0 Å². The molecule has 0 unspecified atom stereocenters. The van der Waals surface area contributed by atoms with Crippen molar-refractivity contribution >= 4 is 5.69 Å². The highest BCUT2D eigenvalue weighted by Gasteiger charge is 2.13. The SMILES string of the molecule is CCn1cncc1CNc1cc(OC)c(OC)c(OC)c1. The maximum Gasteiger partial charge on any atom is 0.203 e. The topological polar surface area (TPSA) is 57.5 Å². The van der Waals surface area contributed by atoms with E-state index in [2.05, 4.69) is 21.8 Å². The van der Waals surface area contributed by atoms with E-state index >= 15 is 0 Å². The van der Waals surface area contributed by atoms with Crippen LogP contribution in [0.3, 0.4) is 0 Å². The molecule has 1 aromatic heterocycles. The Morgan fingerprint density at radius 2 is 1.76 bits per heavy atom. The fourth-order valence-corrected chi connectivity index (χ4v) is 2.16. The first-order chi connectivity index (χ1) is 10.2. The van der Waals surface area contributed by atoms with Gasteiger partial charge in [-0.2, -0.15) is 0 Å². The molecule has 1 N–H and O–H groups in total. The smallest absolute Gasteiger partial charge is 0.203 e. The van der Waals surface area contributed by atoms with Crippen molar-refractivity contribution in [3.63, 3.8) is 0 Å². The quantitative estimate of drug-likeness (QED) is 0.849. The van der Waals surface area contributed by atoms with Crippen molar-refractivity contribution < 1.29 is 14.2 Å². The van der Waals surface area contributed by atoms with Gasteiger partial charge in [0, 0.05) is 30.6 Å². The number of hydrogen-bond donors (Lipinski definition) is 1. The third kappa shape index (κ3) is 3.21. The molecule has 1 heterocycles. The van der Waals surface area contributed by atoms with Gasteiger partial charge in [-0.15, -0.1) is 0 Å². The zero-order chi connectivity index (χ0) is 15.2. The molecular formula is C15H21N3O3. The second-order valence-corrected chi connectivity index (χ2v) is 4.44. The summed E-state index contributed by atoms with van der Waals surface area (Å²) in [6, 6.07) is 3.77. The lowest BCUT2D eigenvalue weighted by Gasteiger charge is -2.15. The monoisotopic (exact) mass is 291 g/mol. The van der Waals surface area contributed by atoms with Gasteiger partial charge in [0.1, 0.15) is 0 Å². The molecule has 2 aromatic rings. The van der Waals surface area contributed by atoms with E-state index in [0.717, 1.165) is 17.9 Å². The van der Waals surface area contributed by atoms with Crippen molar-refractivity contribution in [1.29, 1.82) is 0 Å². The molecule has 0 saturated carbocycles. The highest BCUT2D eigenvalue weighted by molar-refractivity contribution is 5.62. The van der Waals surface area contributed by atoms with Crippen LogP contribution < -0.4 is 19.5 Å². The molecular weight excluding hydrogens is 270 g/mol. The maximum atomic E-state index is 5.34. The van der Waals surface area contributed by atoms with Crippen LogP contribution in [0.1, 0.15) is 12.6 Å². The number of nitrogens with zero attached hydrogens (tertiary/aromatic N) is 2. The van der Waals surface area contributed by atoms with E-state index in [1.165, 1.54) is 0 Å². The molecule has 6 nitrogen and oxygen atoms in total. The number of methoxy groups -OCH3 is 3. The van der Waals surface area contributed by atoms with Gasteiger partial charge in [-0.05, 0) is 6.92 Å². The normalized spacial score (nSPS) is 10.3. The standard InChI is InChI=1S/C15H21N3O3/c1-5-18-10-16-8-12(18)9-17-11-6-13(19-2)15(21-4)14(7-11)20-3/h6-8,10,17H,5,9H2,1-4H3. The minimum Gasteiger partial charge on any atom is -0.493 e. The van der Waals surface area contributed by atoms with E-state index in [9.17, 15) is 0 Å². The number of hydrogen-bond acceptors (Lipinski definition) is 5. The third-order valence-electron chi connectivity index (χ3n) is 3.28. The number of imidazole rings is 1. The molecule has 0 amide bonds. The molecule has 0 radical (unpaired) electrons. The zero-order valence-electron chi connectivity index (χ0n) is 12.8. The Labute approximate surface area is 124 Å². The first-order valence-corrected chi connectivity index (χ1v) is 6.76. The summed E-state index contributed by atoms with van der Waals surface area (Å²) >= 11 is 0. The van der Waals surface area contributed by atoms with Crippen LogP contribution in [-0.4, -0.2) is 30.9 Å². The van der Waals surface area contributed by atoms with E-state index in [0.29, 0.717) is 23.8 Å². The summed E-state index contributed by atoms with van der Waals surface area (Å²) in [6.45, 7) is 3.66. The van der Waals surface area contributed by atoms with Gasteiger partial charge in [-0.25, -0.2) is 4.98 Å². The van der Waals surface area contributed by atoms with Crippen LogP contribution in [0.15, 0.2) is 24.7 Å². The second kappa shape index (κ2) is 6.88. The number of aryl methyl sites for hydroxylation is 1. The molecule has 6 heteroatoms. The minimum atomic E-state index is 0.587. The predicted molar refractivity (Wildman–Crippen MR) is 81.3 cm³/mol. The second-order valence-electron chi connectivity index (χ2n) is 4.44. The lowest BCUT2D eigenvalue weighted by atomic mass is 10.2. The number of nitrogens with one attached hydrogen (secondary N) is 1. The summed E-state index contributed by atoms with van der Waals surface area (Å²) in [5.41, 5.74) is 2.01. The molecule has 0 bridgehead atoms.